The lowest BCUT2D eigenvalue weighted by molar-refractivity contribution is 0.0779. The molecule has 1 aliphatic rings. The largest absolute Gasteiger partial charge is 0.336 e. The Morgan fingerprint density at radius 1 is 0.972 bits per heavy atom. The molecule has 1 saturated heterocycles. The smallest absolute Gasteiger partial charge is 0.270 e. The second-order valence-electron chi connectivity index (χ2n) is 9.49. The van der Waals surface area contributed by atoms with Crippen LogP contribution in [0.25, 0.3) is 10.9 Å². The Morgan fingerprint density at radius 2 is 1.69 bits per heavy atom. The number of amides is 1. The van der Waals surface area contributed by atoms with Gasteiger partial charge in [-0.1, -0.05) is 35.3 Å². The van der Waals surface area contributed by atoms with Gasteiger partial charge in [-0.3, -0.25) is 14.8 Å². The number of fused-ring (bicyclic) bond motifs is 1. The highest BCUT2D eigenvalue weighted by atomic mass is 35.5. The maximum absolute atomic E-state index is 13.7. The lowest BCUT2D eigenvalue weighted by Crippen LogP contribution is -2.36. The topological polar surface area (TPSA) is 63.1 Å². The fourth-order valence-electron chi connectivity index (χ4n) is 4.80. The molecule has 0 radical (unpaired) electrons. The van der Waals surface area contributed by atoms with Crippen LogP contribution in [0.3, 0.4) is 0 Å². The first-order valence-electron chi connectivity index (χ1n) is 12.1. The van der Waals surface area contributed by atoms with E-state index < -0.39 is 0 Å². The molecule has 8 heteroatoms. The highest BCUT2D eigenvalue weighted by Crippen LogP contribution is 2.27. The third kappa shape index (κ3) is 5.12. The molecule has 0 bridgehead atoms. The van der Waals surface area contributed by atoms with Crippen LogP contribution in [0.2, 0.25) is 10.0 Å². The number of carbonyl (C=O) groups is 1. The Kier molecular flexibility index (Phi) is 7.02. The molecule has 4 aromatic rings. The van der Waals surface area contributed by atoms with Gasteiger partial charge >= 0.3 is 0 Å². The third-order valence-electron chi connectivity index (χ3n) is 6.95. The normalized spacial score (nSPS) is 15.7. The van der Waals surface area contributed by atoms with Crippen molar-refractivity contribution in [2.45, 2.75) is 46.3 Å². The van der Waals surface area contributed by atoms with Gasteiger partial charge in [0.1, 0.15) is 5.69 Å². The van der Waals surface area contributed by atoms with Crippen LogP contribution in [-0.2, 0) is 13.1 Å². The second kappa shape index (κ2) is 10.2. The monoisotopic (exact) mass is 521 g/mol. The number of nitrogens with one attached hydrogen (secondary N) is 1. The Bertz CT molecular complexity index is 1430. The minimum Gasteiger partial charge on any atom is -0.336 e. The van der Waals surface area contributed by atoms with Gasteiger partial charge in [0, 0.05) is 53.2 Å². The first-order chi connectivity index (χ1) is 17.3. The Morgan fingerprint density at radius 3 is 2.47 bits per heavy atom. The molecule has 1 unspecified atom stereocenters. The van der Waals surface area contributed by atoms with Crippen molar-refractivity contribution in [1.82, 2.24) is 24.8 Å². The van der Waals surface area contributed by atoms with Crippen LogP contribution >= 0.6 is 23.2 Å². The summed E-state index contributed by atoms with van der Waals surface area (Å²) in [6.45, 7) is 8.53. The zero-order valence-electron chi connectivity index (χ0n) is 20.7. The number of hydrogen-bond donors (Lipinski definition) is 1. The summed E-state index contributed by atoms with van der Waals surface area (Å²) in [5, 5.41) is 5.88. The van der Waals surface area contributed by atoms with E-state index in [4.69, 9.17) is 28.2 Å². The van der Waals surface area contributed by atoms with Gasteiger partial charge in [-0.15, -0.1) is 0 Å². The van der Waals surface area contributed by atoms with Crippen LogP contribution in [0.15, 0.2) is 48.5 Å². The van der Waals surface area contributed by atoms with Gasteiger partial charge in [0.2, 0.25) is 0 Å². The molecule has 1 atom stereocenters. The quantitative estimate of drug-likeness (QED) is 0.352. The third-order valence-corrected chi connectivity index (χ3v) is 7.44. The summed E-state index contributed by atoms with van der Waals surface area (Å²) < 4.78 is 2.08. The average Bonchev–Trinajstić information content (AvgIpc) is 3.46. The first kappa shape index (κ1) is 24.8. The van der Waals surface area contributed by atoms with E-state index in [-0.39, 0.29) is 11.9 Å². The highest BCUT2D eigenvalue weighted by molar-refractivity contribution is 6.31. The zero-order valence-corrected chi connectivity index (χ0v) is 22.2. The van der Waals surface area contributed by atoms with Crippen LogP contribution < -0.4 is 5.32 Å². The van der Waals surface area contributed by atoms with E-state index in [2.05, 4.69) is 14.9 Å². The molecule has 1 amide bonds. The van der Waals surface area contributed by atoms with E-state index in [0.717, 1.165) is 45.7 Å². The van der Waals surface area contributed by atoms with Crippen molar-refractivity contribution in [3.05, 3.63) is 92.6 Å². The summed E-state index contributed by atoms with van der Waals surface area (Å²) in [5.74, 6) is 0.0303. The Balaban J connectivity index is 1.34. The van der Waals surface area contributed by atoms with Crippen molar-refractivity contribution in [3.8, 4) is 0 Å². The summed E-state index contributed by atoms with van der Waals surface area (Å²) in [7, 11) is 0. The van der Waals surface area contributed by atoms with Gasteiger partial charge in [0.25, 0.3) is 5.91 Å². The number of aromatic nitrogens is 3. The van der Waals surface area contributed by atoms with Gasteiger partial charge in [0.15, 0.2) is 0 Å². The summed E-state index contributed by atoms with van der Waals surface area (Å²) in [5.41, 5.74) is 6.55. The summed E-state index contributed by atoms with van der Waals surface area (Å²) in [6.07, 6.45) is 0.895. The standard InChI is InChI=1S/C28H29Cl2N5O/c1-17-18(2)33-25(19(3)32-17)14-31-24-10-11-34(16-24)28(36)27-13-21-12-23(30)8-9-26(21)35(27)15-20-4-6-22(29)7-5-20/h4-9,12-13,24,31H,10-11,14-16H2,1-3H3. The molecule has 1 aliphatic heterocycles. The summed E-state index contributed by atoms with van der Waals surface area (Å²) in [6, 6.07) is 15.6. The van der Waals surface area contributed by atoms with Crippen molar-refractivity contribution in [2.75, 3.05) is 13.1 Å². The van der Waals surface area contributed by atoms with E-state index in [1.165, 1.54) is 0 Å². The van der Waals surface area contributed by atoms with Crippen molar-refractivity contribution in [3.63, 3.8) is 0 Å². The molecule has 3 heterocycles. The van der Waals surface area contributed by atoms with Crippen LogP contribution in [0.4, 0.5) is 0 Å². The van der Waals surface area contributed by atoms with E-state index in [9.17, 15) is 4.79 Å². The average molecular weight is 522 g/mol. The molecule has 1 N–H and O–H groups in total. The molecule has 6 nitrogen and oxygen atoms in total. The first-order valence-corrected chi connectivity index (χ1v) is 12.9. The van der Waals surface area contributed by atoms with Gasteiger partial charge in [-0.25, -0.2) is 0 Å². The molecule has 0 saturated carbocycles. The minimum absolute atomic E-state index is 0.0303. The molecule has 36 heavy (non-hydrogen) atoms. The molecule has 186 valence electrons. The zero-order chi connectivity index (χ0) is 25.4. The number of likely N-dealkylation sites (tertiary alicyclic amines) is 1. The number of aryl methyl sites for hydroxylation is 3. The fourth-order valence-corrected chi connectivity index (χ4v) is 5.11. The van der Waals surface area contributed by atoms with E-state index >= 15 is 0 Å². The van der Waals surface area contributed by atoms with Crippen LogP contribution in [0.1, 0.15) is 45.2 Å². The summed E-state index contributed by atoms with van der Waals surface area (Å²) in [4.78, 5) is 24.9. The predicted octanol–water partition coefficient (Wildman–Crippen LogP) is 5.72. The molecule has 5 rings (SSSR count). The number of halogens is 2. The van der Waals surface area contributed by atoms with Crippen LogP contribution in [-0.4, -0.2) is 44.5 Å². The lowest BCUT2D eigenvalue weighted by Gasteiger charge is -2.19. The SMILES string of the molecule is Cc1nc(C)c(CNC2CCN(C(=O)c3cc4cc(Cl)ccc4n3Cc3ccc(Cl)cc3)C2)nc1C. The molecular weight excluding hydrogens is 493 g/mol. The van der Waals surface area contributed by atoms with Crippen LogP contribution in [0.5, 0.6) is 0 Å². The predicted molar refractivity (Wildman–Crippen MR) is 145 cm³/mol. The lowest BCUT2D eigenvalue weighted by atomic mass is 10.2. The Labute approximate surface area is 221 Å². The van der Waals surface area contributed by atoms with Gasteiger partial charge in [-0.2, -0.15) is 0 Å². The van der Waals surface area contributed by atoms with Crippen molar-refractivity contribution >= 4 is 40.0 Å². The fraction of sp³-hybridized carbons (Fsp3) is 0.321. The number of benzene rings is 2. The number of rotatable bonds is 6. The van der Waals surface area contributed by atoms with Crippen molar-refractivity contribution in [1.29, 1.82) is 0 Å². The van der Waals surface area contributed by atoms with Gasteiger partial charge in [-0.05, 0) is 69.2 Å². The molecule has 0 aliphatic carbocycles. The van der Waals surface area contributed by atoms with Gasteiger partial charge in [0.05, 0.1) is 22.8 Å². The minimum atomic E-state index is 0.0303. The van der Waals surface area contributed by atoms with E-state index in [0.29, 0.717) is 41.9 Å². The summed E-state index contributed by atoms with van der Waals surface area (Å²) >= 11 is 12.3. The molecular formula is C28H29Cl2N5O. The van der Waals surface area contributed by atoms with Crippen LogP contribution in [0, 0.1) is 20.8 Å². The van der Waals surface area contributed by atoms with E-state index in [1.54, 1.807) is 0 Å². The number of carbonyl (C=O) groups excluding carboxylic acids is 1. The highest BCUT2D eigenvalue weighted by Gasteiger charge is 2.29. The van der Waals surface area contributed by atoms with Crippen molar-refractivity contribution < 1.29 is 4.79 Å². The number of nitrogens with zero attached hydrogens (tertiary/aromatic N) is 4. The number of hydrogen-bond acceptors (Lipinski definition) is 4. The maximum Gasteiger partial charge on any atom is 0.270 e. The molecule has 2 aromatic heterocycles. The van der Waals surface area contributed by atoms with E-state index in [1.807, 2.05) is 74.2 Å². The maximum atomic E-state index is 13.7. The molecule has 1 fully saturated rings. The second-order valence-corrected chi connectivity index (χ2v) is 10.4. The molecule has 0 spiro atoms. The van der Waals surface area contributed by atoms with Crippen molar-refractivity contribution in [2.24, 2.45) is 0 Å². The Hall–Kier alpha value is -2.93. The molecule has 2 aromatic carbocycles. The van der Waals surface area contributed by atoms with Gasteiger partial charge < -0.3 is 14.8 Å².